The zero-order valence-electron chi connectivity index (χ0n) is 9.36. The first-order chi connectivity index (χ1) is 6.83. The molecule has 0 amide bonds. The molecule has 1 fully saturated rings. The molecule has 0 atom stereocenters. The van der Waals surface area contributed by atoms with Crippen LogP contribution in [-0.2, 0) is 4.74 Å². The molecule has 1 rings (SSSR count). The van der Waals surface area contributed by atoms with E-state index >= 15 is 0 Å². The summed E-state index contributed by atoms with van der Waals surface area (Å²) >= 11 is 3.71. The van der Waals surface area contributed by atoms with Crippen LogP contribution in [-0.4, -0.2) is 19.0 Å². The number of unbranched alkanes of at least 4 members (excludes halogenated alkanes) is 1. The van der Waals surface area contributed by atoms with E-state index in [-0.39, 0.29) is 0 Å². The van der Waals surface area contributed by atoms with E-state index < -0.39 is 0 Å². The van der Waals surface area contributed by atoms with Gasteiger partial charge in [0.1, 0.15) is 0 Å². The van der Waals surface area contributed by atoms with Gasteiger partial charge in [-0.15, -0.1) is 0 Å². The maximum Gasteiger partial charge on any atom is 0.0462 e. The third-order valence-corrected chi connectivity index (χ3v) is 4.69. The molecule has 0 aromatic rings. The molecular weight excluding hydrogens is 240 g/mol. The maximum atomic E-state index is 5.09. The fourth-order valence-electron chi connectivity index (χ4n) is 2.50. The number of ether oxygens (including phenoxy) is 1. The van der Waals surface area contributed by atoms with Crippen LogP contribution in [0.4, 0.5) is 0 Å². The lowest BCUT2D eigenvalue weighted by molar-refractivity contribution is 0.169. The zero-order valence-corrected chi connectivity index (χ0v) is 10.9. The predicted molar refractivity (Wildman–Crippen MR) is 65.0 cm³/mol. The van der Waals surface area contributed by atoms with Crippen LogP contribution in [0.3, 0.4) is 0 Å². The largest absolute Gasteiger partial charge is 0.385 e. The summed E-state index contributed by atoms with van der Waals surface area (Å²) < 4.78 is 5.09. The van der Waals surface area contributed by atoms with Crippen molar-refractivity contribution in [3.8, 4) is 0 Å². The first-order valence-electron chi connectivity index (χ1n) is 5.88. The van der Waals surface area contributed by atoms with Crippen LogP contribution >= 0.6 is 15.9 Å². The van der Waals surface area contributed by atoms with Crippen molar-refractivity contribution in [2.24, 2.45) is 5.41 Å². The summed E-state index contributed by atoms with van der Waals surface area (Å²) in [5, 5.41) is 1.20. The smallest absolute Gasteiger partial charge is 0.0462 e. The van der Waals surface area contributed by atoms with Crippen molar-refractivity contribution in [3.63, 3.8) is 0 Å². The Morgan fingerprint density at radius 2 is 1.86 bits per heavy atom. The van der Waals surface area contributed by atoms with Crippen LogP contribution in [0.5, 0.6) is 0 Å². The Kier molecular flexibility index (Phi) is 6.11. The average Bonchev–Trinajstić information content (AvgIpc) is 2.26. The van der Waals surface area contributed by atoms with Gasteiger partial charge in [-0.1, -0.05) is 41.6 Å². The summed E-state index contributed by atoms with van der Waals surface area (Å²) in [5.74, 6) is 0. The van der Waals surface area contributed by atoms with Gasteiger partial charge in [-0.25, -0.2) is 0 Å². The molecule has 14 heavy (non-hydrogen) atoms. The quantitative estimate of drug-likeness (QED) is 0.516. The molecule has 0 radical (unpaired) electrons. The van der Waals surface area contributed by atoms with Gasteiger partial charge in [0.05, 0.1) is 0 Å². The van der Waals surface area contributed by atoms with E-state index in [1.165, 1.54) is 56.7 Å². The van der Waals surface area contributed by atoms with E-state index in [1.807, 2.05) is 0 Å². The third-order valence-electron chi connectivity index (χ3n) is 3.50. The Labute approximate surface area is 96.7 Å². The summed E-state index contributed by atoms with van der Waals surface area (Å²) in [7, 11) is 1.79. The van der Waals surface area contributed by atoms with Crippen molar-refractivity contribution in [2.75, 3.05) is 19.0 Å². The second-order valence-electron chi connectivity index (χ2n) is 4.64. The summed E-state index contributed by atoms with van der Waals surface area (Å²) in [5.41, 5.74) is 0.631. The van der Waals surface area contributed by atoms with E-state index in [0.29, 0.717) is 5.41 Å². The summed E-state index contributed by atoms with van der Waals surface area (Å²) in [6, 6.07) is 0. The number of hydrogen-bond acceptors (Lipinski definition) is 1. The van der Waals surface area contributed by atoms with Gasteiger partial charge in [0.25, 0.3) is 0 Å². The van der Waals surface area contributed by atoms with Crippen molar-refractivity contribution in [3.05, 3.63) is 0 Å². The zero-order chi connectivity index (χ0) is 10.3. The van der Waals surface area contributed by atoms with Gasteiger partial charge in [0.2, 0.25) is 0 Å². The van der Waals surface area contributed by atoms with E-state index in [4.69, 9.17) is 4.74 Å². The number of methoxy groups -OCH3 is 1. The Hall–Kier alpha value is 0.440. The molecule has 84 valence electrons. The molecule has 0 N–H and O–H groups in total. The van der Waals surface area contributed by atoms with Gasteiger partial charge in [0.15, 0.2) is 0 Å². The van der Waals surface area contributed by atoms with Gasteiger partial charge in [-0.3, -0.25) is 0 Å². The molecule has 1 nitrogen and oxygen atoms in total. The van der Waals surface area contributed by atoms with Gasteiger partial charge in [-0.2, -0.15) is 0 Å². The van der Waals surface area contributed by atoms with Crippen molar-refractivity contribution in [2.45, 2.75) is 51.4 Å². The standard InChI is InChI=1S/C12H23BrO/c1-14-10-6-5-9-12(11-13)7-3-2-4-8-12/h2-11H2,1H3. The van der Waals surface area contributed by atoms with E-state index in [9.17, 15) is 0 Å². The van der Waals surface area contributed by atoms with Crippen molar-refractivity contribution in [1.82, 2.24) is 0 Å². The van der Waals surface area contributed by atoms with E-state index in [1.54, 1.807) is 7.11 Å². The Balaban J connectivity index is 2.22. The Morgan fingerprint density at radius 3 is 2.43 bits per heavy atom. The van der Waals surface area contributed by atoms with Crippen LogP contribution in [0.1, 0.15) is 51.4 Å². The van der Waals surface area contributed by atoms with Crippen molar-refractivity contribution in [1.29, 1.82) is 0 Å². The highest BCUT2D eigenvalue weighted by atomic mass is 79.9. The van der Waals surface area contributed by atoms with Crippen molar-refractivity contribution >= 4 is 15.9 Å². The van der Waals surface area contributed by atoms with Crippen molar-refractivity contribution < 1.29 is 4.74 Å². The van der Waals surface area contributed by atoms with Gasteiger partial charge in [-0.05, 0) is 31.1 Å². The minimum Gasteiger partial charge on any atom is -0.385 e. The summed E-state index contributed by atoms with van der Waals surface area (Å²) in [6.07, 6.45) is 11.2. The molecule has 1 saturated carbocycles. The molecule has 0 aromatic heterocycles. The van der Waals surface area contributed by atoms with Gasteiger partial charge in [0, 0.05) is 19.0 Å². The van der Waals surface area contributed by atoms with Crippen LogP contribution in [0.2, 0.25) is 0 Å². The minimum absolute atomic E-state index is 0.631. The van der Waals surface area contributed by atoms with Crippen LogP contribution in [0, 0.1) is 5.41 Å². The molecule has 0 unspecified atom stereocenters. The summed E-state index contributed by atoms with van der Waals surface area (Å²) in [4.78, 5) is 0. The molecule has 0 spiro atoms. The minimum atomic E-state index is 0.631. The SMILES string of the molecule is COCCCCC1(CBr)CCCCC1. The number of hydrogen-bond donors (Lipinski definition) is 0. The fraction of sp³-hybridized carbons (Fsp3) is 1.00. The molecule has 0 heterocycles. The second-order valence-corrected chi connectivity index (χ2v) is 5.20. The normalized spacial score (nSPS) is 21.0. The molecule has 0 bridgehead atoms. The number of alkyl halides is 1. The first kappa shape index (κ1) is 12.5. The first-order valence-corrected chi connectivity index (χ1v) is 7.00. The van der Waals surface area contributed by atoms with Gasteiger partial charge >= 0.3 is 0 Å². The number of rotatable bonds is 6. The van der Waals surface area contributed by atoms with Crippen LogP contribution in [0.25, 0.3) is 0 Å². The molecular formula is C12H23BrO. The molecule has 0 aliphatic heterocycles. The van der Waals surface area contributed by atoms with Crippen LogP contribution < -0.4 is 0 Å². The second kappa shape index (κ2) is 6.84. The lowest BCUT2D eigenvalue weighted by Gasteiger charge is -2.36. The Morgan fingerprint density at radius 1 is 1.14 bits per heavy atom. The molecule has 0 saturated heterocycles. The highest BCUT2D eigenvalue weighted by Crippen LogP contribution is 2.41. The molecule has 1 aliphatic rings. The monoisotopic (exact) mass is 262 g/mol. The highest BCUT2D eigenvalue weighted by molar-refractivity contribution is 9.09. The Bertz CT molecular complexity index is 141. The summed E-state index contributed by atoms with van der Waals surface area (Å²) in [6.45, 7) is 0.929. The fourth-order valence-corrected chi connectivity index (χ4v) is 3.34. The molecule has 2 heteroatoms. The van der Waals surface area contributed by atoms with Crippen LogP contribution in [0.15, 0.2) is 0 Å². The maximum absolute atomic E-state index is 5.09. The number of halogens is 1. The van der Waals surface area contributed by atoms with E-state index in [0.717, 1.165) is 6.61 Å². The van der Waals surface area contributed by atoms with Gasteiger partial charge < -0.3 is 4.74 Å². The molecule has 0 aromatic carbocycles. The third kappa shape index (κ3) is 3.90. The predicted octanol–water partition coefficient (Wildman–Crippen LogP) is 4.15. The lowest BCUT2D eigenvalue weighted by atomic mass is 9.72. The van der Waals surface area contributed by atoms with E-state index in [2.05, 4.69) is 15.9 Å². The lowest BCUT2D eigenvalue weighted by Crippen LogP contribution is -2.25. The topological polar surface area (TPSA) is 9.23 Å². The molecule has 1 aliphatic carbocycles. The highest BCUT2D eigenvalue weighted by Gasteiger charge is 2.29. The average molecular weight is 263 g/mol.